The van der Waals surface area contributed by atoms with Crippen LogP contribution in [0.3, 0.4) is 0 Å². The Labute approximate surface area is 90.5 Å². The van der Waals surface area contributed by atoms with Crippen LogP contribution in [0, 0.1) is 11.3 Å². The molecule has 0 bridgehead atoms. The molecule has 15 heavy (non-hydrogen) atoms. The van der Waals surface area contributed by atoms with E-state index < -0.39 is 5.97 Å². The molecule has 1 saturated heterocycles. The fraction of sp³-hybridized carbons (Fsp3) is 0.818. The molecule has 0 aromatic carbocycles. The topological polar surface area (TPSA) is 64.3 Å². The smallest absolute Gasteiger partial charge is 0.304 e. The van der Waals surface area contributed by atoms with Crippen LogP contribution in [0.2, 0.25) is 0 Å². The molecule has 4 heteroatoms. The number of nitriles is 1. The van der Waals surface area contributed by atoms with Crippen LogP contribution in [0.15, 0.2) is 0 Å². The molecule has 0 amide bonds. The zero-order valence-corrected chi connectivity index (χ0v) is 8.98. The zero-order valence-electron chi connectivity index (χ0n) is 8.98. The normalized spacial score (nSPS) is 21.4. The molecule has 4 nitrogen and oxygen atoms in total. The molecular formula is C11H18N2O2. The Hall–Kier alpha value is -1.08. The summed E-state index contributed by atoms with van der Waals surface area (Å²) < 4.78 is 0. The third kappa shape index (κ3) is 4.30. The molecule has 1 aliphatic heterocycles. The molecule has 0 saturated carbocycles. The van der Waals surface area contributed by atoms with Crippen LogP contribution in [0.1, 0.15) is 38.5 Å². The Kier molecular flexibility index (Phi) is 5.13. The Morgan fingerprint density at radius 1 is 1.53 bits per heavy atom. The highest BCUT2D eigenvalue weighted by Crippen LogP contribution is 2.20. The van der Waals surface area contributed by atoms with Crippen molar-refractivity contribution in [3.8, 4) is 6.07 Å². The maximum atomic E-state index is 10.6. The van der Waals surface area contributed by atoms with Crippen LogP contribution in [0.4, 0.5) is 0 Å². The van der Waals surface area contributed by atoms with Crippen molar-refractivity contribution in [3.05, 3.63) is 0 Å². The van der Waals surface area contributed by atoms with Gasteiger partial charge in [0.2, 0.25) is 0 Å². The number of rotatable bonds is 6. The van der Waals surface area contributed by atoms with Crippen LogP contribution >= 0.6 is 0 Å². The standard InChI is InChI=1S/C11H18N2O2/c12-6-2-1-3-7-13-8-4-5-10(13)9-11(14)15/h10H,1-5,7-9H2,(H,14,15). The van der Waals surface area contributed by atoms with Crippen LogP contribution in [0.25, 0.3) is 0 Å². The molecule has 1 rings (SSSR count). The van der Waals surface area contributed by atoms with E-state index in [-0.39, 0.29) is 12.5 Å². The minimum Gasteiger partial charge on any atom is -0.481 e. The van der Waals surface area contributed by atoms with Gasteiger partial charge in [0.15, 0.2) is 0 Å². The first-order valence-electron chi connectivity index (χ1n) is 5.57. The van der Waals surface area contributed by atoms with Crippen LogP contribution in [0.5, 0.6) is 0 Å². The number of nitrogens with zero attached hydrogens (tertiary/aromatic N) is 2. The third-order valence-corrected chi connectivity index (χ3v) is 2.89. The van der Waals surface area contributed by atoms with Gasteiger partial charge in [0.25, 0.3) is 0 Å². The van der Waals surface area contributed by atoms with Crippen molar-refractivity contribution in [2.45, 2.75) is 44.6 Å². The molecule has 1 fully saturated rings. The van der Waals surface area contributed by atoms with Crippen LogP contribution in [-0.4, -0.2) is 35.1 Å². The Morgan fingerprint density at radius 3 is 3.00 bits per heavy atom. The Balaban J connectivity index is 2.21. The van der Waals surface area contributed by atoms with E-state index in [1.807, 2.05) is 0 Å². The van der Waals surface area contributed by atoms with Crippen molar-refractivity contribution in [1.82, 2.24) is 4.90 Å². The average molecular weight is 210 g/mol. The molecule has 1 N–H and O–H groups in total. The molecule has 84 valence electrons. The van der Waals surface area contributed by atoms with Gasteiger partial charge in [0.05, 0.1) is 12.5 Å². The zero-order chi connectivity index (χ0) is 11.1. The van der Waals surface area contributed by atoms with Gasteiger partial charge in [-0.05, 0) is 38.8 Å². The van der Waals surface area contributed by atoms with Gasteiger partial charge in [-0.2, -0.15) is 5.26 Å². The van der Waals surface area contributed by atoms with Gasteiger partial charge in [-0.3, -0.25) is 9.69 Å². The molecule has 0 aromatic rings. The average Bonchev–Trinajstić information content (AvgIpc) is 2.59. The Morgan fingerprint density at radius 2 is 2.33 bits per heavy atom. The van der Waals surface area contributed by atoms with E-state index in [9.17, 15) is 4.79 Å². The van der Waals surface area contributed by atoms with E-state index in [0.29, 0.717) is 6.42 Å². The number of aliphatic carboxylic acids is 1. The van der Waals surface area contributed by atoms with Gasteiger partial charge in [-0.25, -0.2) is 0 Å². The van der Waals surface area contributed by atoms with Gasteiger partial charge >= 0.3 is 5.97 Å². The van der Waals surface area contributed by atoms with Gasteiger partial charge in [-0.15, -0.1) is 0 Å². The quantitative estimate of drug-likeness (QED) is 0.676. The third-order valence-electron chi connectivity index (χ3n) is 2.89. The number of carboxylic acid groups (broad SMARTS) is 1. The van der Waals surface area contributed by atoms with E-state index in [1.54, 1.807) is 0 Å². The number of carbonyl (C=O) groups is 1. The summed E-state index contributed by atoms with van der Waals surface area (Å²) in [5, 5.41) is 17.1. The van der Waals surface area contributed by atoms with Crippen molar-refractivity contribution < 1.29 is 9.90 Å². The Bertz CT molecular complexity index is 247. The van der Waals surface area contributed by atoms with E-state index in [1.165, 1.54) is 0 Å². The summed E-state index contributed by atoms with van der Waals surface area (Å²) in [6.07, 6.45) is 4.91. The maximum absolute atomic E-state index is 10.6. The summed E-state index contributed by atoms with van der Waals surface area (Å²) in [5.74, 6) is -0.705. The molecule has 1 atom stereocenters. The largest absolute Gasteiger partial charge is 0.481 e. The SMILES string of the molecule is N#CCCCCN1CCCC1CC(=O)O. The van der Waals surface area contributed by atoms with Gasteiger partial charge in [0.1, 0.15) is 0 Å². The minimum atomic E-state index is -0.705. The number of likely N-dealkylation sites (tertiary alicyclic amines) is 1. The second-order valence-corrected chi connectivity index (χ2v) is 4.05. The molecular weight excluding hydrogens is 192 g/mol. The van der Waals surface area contributed by atoms with Crippen molar-refractivity contribution in [3.63, 3.8) is 0 Å². The molecule has 0 radical (unpaired) electrons. The lowest BCUT2D eigenvalue weighted by atomic mass is 10.1. The van der Waals surface area contributed by atoms with Crippen molar-refractivity contribution >= 4 is 5.97 Å². The molecule has 0 spiro atoms. The van der Waals surface area contributed by atoms with Crippen molar-refractivity contribution in [2.75, 3.05) is 13.1 Å². The molecule has 1 aliphatic rings. The minimum absolute atomic E-state index is 0.226. The summed E-state index contributed by atoms with van der Waals surface area (Å²) in [6.45, 7) is 1.96. The summed E-state index contributed by atoms with van der Waals surface area (Å²) in [7, 11) is 0. The summed E-state index contributed by atoms with van der Waals surface area (Å²) in [6, 6.07) is 2.35. The van der Waals surface area contributed by atoms with Gasteiger partial charge < -0.3 is 5.11 Å². The second-order valence-electron chi connectivity index (χ2n) is 4.05. The number of carboxylic acids is 1. The van der Waals surface area contributed by atoms with Gasteiger partial charge in [-0.1, -0.05) is 0 Å². The fourth-order valence-corrected chi connectivity index (χ4v) is 2.14. The van der Waals surface area contributed by atoms with Crippen molar-refractivity contribution in [1.29, 1.82) is 5.26 Å². The first kappa shape index (κ1) is 12.0. The highest BCUT2D eigenvalue weighted by atomic mass is 16.4. The first-order valence-corrected chi connectivity index (χ1v) is 5.57. The van der Waals surface area contributed by atoms with E-state index >= 15 is 0 Å². The lowest BCUT2D eigenvalue weighted by Crippen LogP contribution is -2.32. The van der Waals surface area contributed by atoms with E-state index in [2.05, 4.69) is 11.0 Å². The fourth-order valence-electron chi connectivity index (χ4n) is 2.14. The monoisotopic (exact) mass is 210 g/mol. The lowest BCUT2D eigenvalue weighted by molar-refractivity contribution is -0.138. The summed E-state index contributed by atoms with van der Waals surface area (Å²) in [4.78, 5) is 12.9. The summed E-state index contributed by atoms with van der Waals surface area (Å²) in [5.41, 5.74) is 0. The molecule has 1 unspecified atom stereocenters. The molecule has 0 aromatic heterocycles. The van der Waals surface area contributed by atoms with Crippen LogP contribution in [-0.2, 0) is 4.79 Å². The van der Waals surface area contributed by atoms with Gasteiger partial charge in [0, 0.05) is 12.5 Å². The second kappa shape index (κ2) is 6.41. The molecule has 1 heterocycles. The predicted molar refractivity (Wildman–Crippen MR) is 56.3 cm³/mol. The lowest BCUT2D eigenvalue weighted by Gasteiger charge is -2.22. The van der Waals surface area contributed by atoms with E-state index in [4.69, 9.17) is 10.4 Å². The number of hydrogen-bond donors (Lipinski definition) is 1. The number of hydrogen-bond acceptors (Lipinski definition) is 3. The predicted octanol–water partition coefficient (Wildman–Crippen LogP) is 1.62. The summed E-state index contributed by atoms with van der Waals surface area (Å²) >= 11 is 0. The maximum Gasteiger partial charge on any atom is 0.304 e. The van der Waals surface area contributed by atoms with Crippen LogP contribution < -0.4 is 0 Å². The van der Waals surface area contributed by atoms with Crippen molar-refractivity contribution in [2.24, 2.45) is 0 Å². The van der Waals surface area contributed by atoms with E-state index in [0.717, 1.165) is 38.8 Å². The molecule has 0 aliphatic carbocycles. The number of unbranched alkanes of at least 4 members (excludes halogenated alkanes) is 2. The highest BCUT2D eigenvalue weighted by molar-refractivity contribution is 5.67. The first-order chi connectivity index (χ1) is 7.24. The highest BCUT2D eigenvalue weighted by Gasteiger charge is 2.25.